The van der Waals surface area contributed by atoms with E-state index in [0.717, 1.165) is 19.7 Å². The molecule has 0 aromatic heterocycles. The minimum Gasteiger partial charge on any atom is -0.383 e. The second-order valence-corrected chi connectivity index (χ2v) is 5.19. The zero-order valence-electron chi connectivity index (χ0n) is 13.1. The highest BCUT2D eigenvalue weighted by atomic mass is 16.5. The van der Waals surface area contributed by atoms with Gasteiger partial charge in [-0.25, -0.2) is 0 Å². The van der Waals surface area contributed by atoms with Crippen molar-refractivity contribution in [3.63, 3.8) is 0 Å². The Morgan fingerprint density at radius 2 is 1.76 bits per heavy atom. The maximum absolute atomic E-state index is 5.07. The van der Waals surface area contributed by atoms with E-state index >= 15 is 0 Å². The van der Waals surface area contributed by atoms with Crippen LogP contribution in [0.4, 0.5) is 11.4 Å². The third-order valence-electron chi connectivity index (χ3n) is 3.57. The fraction of sp³-hybridized carbons (Fsp3) is 0.333. The molecule has 0 atom stereocenters. The summed E-state index contributed by atoms with van der Waals surface area (Å²) in [5.41, 5.74) is 4.99. The lowest BCUT2D eigenvalue weighted by atomic mass is 10.1. The fourth-order valence-electron chi connectivity index (χ4n) is 2.29. The van der Waals surface area contributed by atoms with Crippen LogP contribution in [0.5, 0.6) is 0 Å². The van der Waals surface area contributed by atoms with Gasteiger partial charge in [0, 0.05) is 38.6 Å². The van der Waals surface area contributed by atoms with E-state index in [4.69, 9.17) is 4.74 Å². The Bertz CT molecular complexity index is 551. The molecule has 0 aliphatic carbocycles. The predicted molar refractivity (Wildman–Crippen MR) is 89.3 cm³/mol. The second-order valence-electron chi connectivity index (χ2n) is 5.19. The highest BCUT2D eigenvalue weighted by Gasteiger charge is 2.08. The number of aryl methyl sites for hydroxylation is 1. The summed E-state index contributed by atoms with van der Waals surface area (Å²) in [6.45, 7) is 4.54. The van der Waals surface area contributed by atoms with Crippen LogP contribution >= 0.6 is 0 Å². The van der Waals surface area contributed by atoms with Crippen molar-refractivity contribution in [2.24, 2.45) is 0 Å². The van der Waals surface area contributed by atoms with E-state index in [0.29, 0.717) is 0 Å². The Balaban J connectivity index is 2.12. The summed E-state index contributed by atoms with van der Waals surface area (Å²) in [5.74, 6) is 0. The second kappa shape index (κ2) is 7.81. The maximum atomic E-state index is 5.07. The molecule has 2 aromatic carbocycles. The molecule has 0 amide bonds. The molecule has 112 valence electrons. The van der Waals surface area contributed by atoms with Gasteiger partial charge in [0.2, 0.25) is 0 Å². The van der Waals surface area contributed by atoms with Crippen LogP contribution in [-0.2, 0) is 11.3 Å². The van der Waals surface area contributed by atoms with Gasteiger partial charge in [0.25, 0.3) is 0 Å². The van der Waals surface area contributed by atoms with Gasteiger partial charge in [-0.1, -0.05) is 35.9 Å². The highest BCUT2D eigenvalue weighted by Crippen LogP contribution is 2.27. The summed E-state index contributed by atoms with van der Waals surface area (Å²) in [6, 6.07) is 17.1. The summed E-state index contributed by atoms with van der Waals surface area (Å²) < 4.78 is 5.07. The lowest BCUT2D eigenvalue weighted by Crippen LogP contribution is -2.20. The first-order valence-electron chi connectivity index (χ1n) is 7.30. The minimum absolute atomic E-state index is 0.732. The Kier molecular flexibility index (Phi) is 5.78. The normalized spacial score (nSPS) is 10.6. The topological polar surface area (TPSA) is 24.5 Å². The molecule has 0 aliphatic rings. The first-order valence-corrected chi connectivity index (χ1v) is 7.30. The van der Waals surface area contributed by atoms with Crippen LogP contribution < -0.4 is 10.2 Å². The number of para-hydroxylation sites is 1. The van der Waals surface area contributed by atoms with Crippen LogP contribution in [0.1, 0.15) is 11.1 Å². The van der Waals surface area contributed by atoms with Crippen molar-refractivity contribution in [3.8, 4) is 0 Å². The predicted octanol–water partition coefficient (Wildman–Crippen LogP) is 3.50. The molecule has 0 saturated heterocycles. The average molecular weight is 284 g/mol. The van der Waals surface area contributed by atoms with Crippen LogP contribution in [0.25, 0.3) is 0 Å². The van der Waals surface area contributed by atoms with E-state index in [1.54, 1.807) is 7.11 Å². The van der Waals surface area contributed by atoms with Crippen LogP contribution in [0.2, 0.25) is 0 Å². The van der Waals surface area contributed by atoms with Crippen molar-refractivity contribution in [1.29, 1.82) is 0 Å². The van der Waals surface area contributed by atoms with Gasteiger partial charge in [-0.3, -0.25) is 0 Å². The lowest BCUT2D eigenvalue weighted by molar-refractivity contribution is 0.199. The molecule has 0 saturated carbocycles. The van der Waals surface area contributed by atoms with E-state index in [2.05, 4.69) is 72.7 Å². The number of nitrogens with zero attached hydrogens (tertiary/aromatic N) is 1. The number of ether oxygens (including phenoxy) is 1. The van der Waals surface area contributed by atoms with Gasteiger partial charge in [-0.2, -0.15) is 0 Å². The zero-order chi connectivity index (χ0) is 15.1. The fourth-order valence-corrected chi connectivity index (χ4v) is 2.29. The smallest absolute Gasteiger partial charge is 0.0587 e. The summed E-state index contributed by atoms with van der Waals surface area (Å²) in [7, 11) is 3.83. The molecule has 1 N–H and O–H groups in total. The monoisotopic (exact) mass is 284 g/mol. The summed E-state index contributed by atoms with van der Waals surface area (Å²) in [5, 5.41) is 3.41. The zero-order valence-corrected chi connectivity index (χ0v) is 13.1. The number of nitrogens with one attached hydrogen (secondary N) is 1. The molecule has 0 aliphatic heterocycles. The van der Waals surface area contributed by atoms with Gasteiger partial charge in [-0.15, -0.1) is 0 Å². The van der Waals surface area contributed by atoms with Gasteiger partial charge in [0.15, 0.2) is 0 Å². The molecule has 0 bridgehead atoms. The van der Waals surface area contributed by atoms with Crippen molar-refractivity contribution in [2.45, 2.75) is 13.5 Å². The molecule has 0 fully saturated rings. The first-order chi connectivity index (χ1) is 10.2. The van der Waals surface area contributed by atoms with Gasteiger partial charge in [0.05, 0.1) is 6.61 Å². The molecule has 0 spiro atoms. The number of benzene rings is 2. The summed E-state index contributed by atoms with van der Waals surface area (Å²) in [6.07, 6.45) is 0. The van der Waals surface area contributed by atoms with Crippen molar-refractivity contribution in [3.05, 3.63) is 59.7 Å². The van der Waals surface area contributed by atoms with E-state index in [1.165, 1.54) is 22.5 Å². The maximum Gasteiger partial charge on any atom is 0.0587 e. The summed E-state index contributed by atoms with van der Waals surface area (Å²) >= 11 is 0. The van der Waals surface area contributed by atoms with Crippen molar-refractivity contribution in [1.82, 2.24) is 5.32 Å². The molecule has 3 heteroatoms. The van der Waals surface area contributed by atoms with Crippen LogP contribution in [0.15, 0.2) is 48.5 Å². The SMILES string of the molecule is COCCNCc1ccccc1N(C)c1ccc(C)cc1. The third kappa shape index (κ3) is 4.31. The largest absolute Gasteiger partial charge is 0.383 e. The Labute approximate surface area is 127 Å². The van der Waals surface area contributed by atoms with E-state index in [9.17, 15) is 0 Å². The molecular weight excluding hydrogens is 260 g/mol. The molecule has 0 radical (unpaired) electrons. The van der Waals surface area contributed by atoms with Crippen molar-refractivity contribution in [2.75, 3.05) is 32.2 Å². The molecule has 2 rings (SSSR count). The molecule has 0 heterocycles. The molecule has 2 aromatic rings. The number of methoxy groups -OCH3 is 1. The van der Waals surface area contributed by atoms with Gasteiger partial charge in [-0.05, 0) is 30.7 Å². The molecule has 21 heavy (non-hydrogen) atoms. The minimum atomic E-state index is 0.732. The Morgan fingerprint density at radius 1 is 1.05 bits per heavy atom. The summed E-state index contributed by atoms with van der Waals surface area (Å²) in [4.78, 5) is 2.23. The van der Waals surface area contributed by atoms with Gasteiger partial charge < -0.3 is 15.0 Å². The number of hydrogen-bond donors (Lipinski definition) is 1. The standard InChI is InChI=1S/C18H24N2O/c1-15-8-10-17(11-9-15)20(2)18-7-5-4-6-16(18)14-19-12-13-21-3/h4-11,19H,12-14H2,1-3H3. The van der Waals surface area contributed by atoms with Gasteiger partial charge >= 0.3 is 0 Å². The van der Waals surface area contributed by atoms with Crippen molar-refractivity contribution >= 4 is 11.4 Å². The number of anilines is 2. The number of rotatable bonds is 7. The van der Waals surface area contributed by atoms with Crippen LogP contribution in [-0.4, -0.2) is 27.3 Å². The molecular formula is C18H24N2O. The van der Waals surface area contributed by atoms with E-state index in [1.807, 2.05) is 0 Å². The van der Waals surface area contributed by atoms with E-state index < -0.39 is 0 Å². The number of hydrogen-bond acceptors (Lipinski definition) is 3. The third-order valence-corrected chi connectivity index (χ3v) is 3.57. The van der Waals surface area contributed by atoms with Gasteiger partial charge in [0.1, 0.15) is 0 Å². The van der Waals surface area contributed by atoms with Crippen LogP contribution in [0.3, 0.4) is 0 Å². The van der Waals surface area contributed by atoms with Crippen LogP contribution in [0, 0.1) is 6.92 Å². The Hall–Kier alpha value is -1.84. The molecule has 3 nitrogen and oxygen atoms in total. The van der Waals surface area contributed by atoms with Crippen molar-refractivity contribution < 1.29 is 4.74 Å². The highest BCUT2D eigenvalue weighted by molar-refractivity contribution is 5.65. The average Bonchev–Trinajstić information content (AvgIpc) is 2.52. The Morgan fingerprint density at radius 3 is 2.48 bits per heavy atom. The first kappa shape index (κ1) is 15.5. The lowest BCUT2D eigenvalue weighted by Gasteiger charge is -2.23. The quantitative estimate of drug-likeness (QED) is 0.788. The van der Waals surface area contributed by atoms with E-state index in [-0.39, 0.29) is 0 Å². The molecule has 0 unspecified atom stereocenters.